The molecule has 0 rings (SSSR count). The van der Waals surface area contributed by atoms with Gasteiger partial charge in [-0.2, -0.15) is 0 Å². The van der Waals surface area contributed by atoms with Crippen LogP contribution >= 0.6 is 0 Å². The molecule has 0 spiro atoms. The van der Waals surface area contributed by atoms with Gasteiger partial charge in [-0.3, -0.25) is 4.79 Å². The van der Waals surface area contributed by atoms with Gasteiger partial charge in [0.25, 0.3) is 0 Å². The zero-order chi connectivity index (χ0) is 17.2. The summed E-state index contributed by atoms with van der Waals surface area (Å²) >= 11 is 0. The zero-order valence-corrected chi connectivity index (χ0v) is 15.5. The summed E-state index contributed by atoms with van der Waals surface area (Å²) in [5.74, 6) is -0.991. The molecule has 0 aliphatic rings. The van der Waals surface area contributed by atoms with Crippen LogP contribution in [0.4, 0.5) is 0 Å². The Labute approximate surface area is 143 Å². The first-order chi connectivity index (χ1) is 11.2. The number of hydrogen-bond donors (Lipinski definition) is 0. The van der Waals surface area contributed by atoms with Crippen molar-refractivity contribution in [3.05, 3.63) is 0 Å². The normalized spacial score (nSPS) is 10.7. The van der Waals surface area contributed by atoms with E-state index < -0.39 is 5.97 Å². The molecule has 0 atom stereocenters. The fourth-order valence-corrected chi connectivity index (χ4v) is 2.62. The Balaban J connectivity index is 3.26. The van der Waals surface area contributed by atoms with E-state index in [1.807, 2.05) is 6.92 Å². The first kappa shape index (κ1) is 22.1. The van der Waals surface area contributed by atoms with E-state index in [-0.39, 0.29) is 5.78 Å². The fraction of sp³-hybridized carbons (Fsp3) is 0.900. The lowest BCUT2D eigenvalue weighted by Gasteiger charge is -2.04. The molecule has 136 valence electrons. The van der Waals surface area contributed by atoms with Crippen molar-refractivity contribution in [3.8, 4) is 0 Å². The smallest absolute Gasteiger partial charge is 0.374 e. The van der Waals surface area contributed by atoms with Gasteiger partial charge in [-0.15, -0.1) is 0 Å². The number of hydrogen-bond acceptors (Lipinski definition) is 3. The number of ketones is 1. The third-order valence-electron chi connectivity index (χ3n) is 4.22. The molecule has 0 saturated heterocycles. The van der Waals surface area contributed by atoms with Crippen LogP contribution in [0.25, 0.3) is 0 Å². The molecular formula is C20H38O3. The minimum Gasteiger partial charge on any atom is -0.460 e. The molecule has 0 aromatic rings. The number of ether oxygens (including phenoxy) is 1. The highest BCUT2D eigenvalue weighted by Gasteiger charge is 2.13. The molecule has 0 aliphatic heterocycles. The zero-order valence-electron chi connectivity index (χ0n) is 15.5. The fourth-order valence-electron chi connectivity index (χ4n) is 2.62. The average Bonchev–Trinajstić information content (AvgIpc) is 2.55. The van der Waals surface area contributed by atoms with Crippen molar-refractivity contribution < 1.29 is 14.3 Å². The number of carbonyl (C=O) groups is 2. The van der Waals surface area contributed by atoms with Gasteiger partial charge in [-0.05, 0) is 12.8 Å². The highest BCUT2D eigenvalue weighted by atomic mass is 16.5. The standard InChI is InChI=1S/C20H38O3/c1-3-5-7-8-9-10-11-12-13-14-15-16-17-19(21)20(22)23-18-6-4-2/h3-18H2,1-2H3. The van der Waals surface area contributed by atoms with E-state index in [1.165, 1.54) is 64.2 Å². The molecule has 0 saturated carbocycles. The third kappa shape index (κ3) is 15.8. The van der Waals surface area contributed by atoms with Crippen molar-refractivity contribution in [1.29, 1.82) is 0 Å². The minimum atomic E-state index is -0.637. The molecule has 3 heteroatoms. The summed E-state index contributed by atoms with van der Waals surface area (Å²) in [6.45, 7) is 4.66. The van der Waals surface area contributed by atoms with Crippen molar-refractivity contribution in [2.24, 2.45) is 0 Å². The van der Waals surface area contributed by atoms with E-state index >= 15 is 0 Å². The summed E-state index contributed by atoms with van der Waals surface area (Å²) in [5.41, 5.74) is 0. The molecule has 0 amide bonds. The van der Waals surface area contributed by atoms with Crippen LogP contribution in [0.15, 0.2) is 0 Å². The highest BCUT2D eigenvalue weighted by molar-refractivity contribution is 6.33. The van der Waals surface area contributed by atoms with Crippen molar-refractivity contribution in [3.63, 3.8) is 0 Å². The molecule has 0 unspecified atom stereocenters. The summed E-state index contributed by atoms with van der Waals surface area (Å²) in [6.07, 6.45) is 17.3. The van der Waals surface area contributed by atoms with Crippen LogP contribution in [-0.2, 0) is 14.3 Å². The maximum absolute atomic E-state index is 11.5. The van der Waals surface area contributed by atoms with Gasteiger partial charge in [0.15, 0.2) is 0 Å². The van der Waals surface area contributed by atoms with E-state index in [0.717, 1.165) is 25.7 Å². The Morgan fingerprint density at radius 3 is 1.52 bits per heavy atom. The predicted molar refractivity (Wildman–Crippen MR) is 96.6 cm³/mol. The van der Waals surface area contributed by atoms with Gasteiger partial charge in [0.1, 0.15) is 0 Å². The molecule has 23 heavy (non-hydrogen) atoms. The number of unbranched alkanes of at least 4 members (excludes halogenated alkanes) is 12. The summed E-state index contributed by atoms with van der Waals surface area (Å²) in [7, 11) is 0. The second-order valence-corrected chi connectivity index (χ2v) is 6.55. The van der Waals surface area contributed by atoms with Gasteiger partial charge in [0.05, 0.1) is 6.61 Å². The first-order valence-electron chi connectivity index (χ1n) is 9.92. The predicted octanol–water partition coefficient (Wildman–Crippen LogP) is 5.99. The molecule has 0 bridgehead atoms. The van der Waals surface area contributed by atoms with E-state index in [9.17, 15) is 9.59 Å². The second kappa shape index (κ2) is 17.5. The Morgan fingerprint density at radius 1 is 0.609 bits per heavy atom. The maximum atomic E-state index is 11.5. The Kier molecular flexibility index (Phi) is 16.8. The van der Waals surface area contributed by atoms with Crippen LogP contribution < -0.4 is 0 Å². The maximum Gasteiger partial charge on any atom is 0.374 e. The summed E-state index contributed by atoms with van der Waals surface area (Å²) < 4.78 is 4.91. The monoisotopic (exact) mass is 326 g/mol. The van der Waals surface area contributed by atoms with Crippen molar-refractivity contribution >= 4 is 11.8 Å². The van der Waals surface area contributed by atoms with Crippen molar-refractivity contribution in [1.82, 2.24) is 0 Å². The van der Waals surface area contributed by atoms with E-state index in [1.54, 1.807) is 0 Å². The molecule has 0 radical (unpaired) electrons. The van der Waals surface area contributed by atoms with Gasteiger partial charge in [0.2, 0.25) is 5.78 Å². The van der Waals surface area contributed by atoms with Crippen LogP contribution in [0.1, 0.15) is 110 Å². The summed E-state index contributed by atoms with van der Waals surface area (Å²) in [6, 6.07) is 0. The number of Topliss-reactive ketones (excluding diaryl/α,β-unsaturated/α-hetero) is 1. The van der Waals surface area contributed by atoms with E-state index in [0.29, 0.717) is 13.0 Å². The summed E-state index contributed by atoms with van der Waals surface area (Å²) in [5, 5.41) is 0. The highest BCUT2D eigenvalue weighted by Crippen LogP contribution is 2.12. The van der Waals surface area contributed by atoms with Crippen LogP contribution in [0.2, 0.25) is 0 Å². The quantitative estimate of drug-likeness (QED) is 0.187. The molecule has 0 aromatic heterocycles. The van der Waals surface area contributed by atoms with E-state index in [2.05, 4.69) is 6.92 Å². The lowest BCUT2D eigenvalue weighted by atomic mass is 10.0. The SMILES string of the molecule is CCCCCCCCCCCCCCC(=O)C(=O)OCCCC. The minimum absolute atomic E-state index is 0.350. The van der Waals surface area contributed by atoms with Crippen LogP contribution in [-0.4, -0.2) is 18.4 Å². The lowest BCUT2D eigenvalue weighted by Crippen LogP contribution is -2.17. The molecule has 0 aromatic carbocycles. The molecule has 0 aliphatic carbocycles. The van der Waals surface area contributed by atoms with Crippen molar-refractivity contribution in [2.75, 3.05) is 6.61 Å². The van der Waals surface area contributed by atoms with Crippen LogP contribution in [0.3, 0.4) is 0 Å². The molecule has 0 fully saturated rings. The molecule has 3 nitrogen and oxygen atoms in total. The number of esters is 1. The Hall–Kier alpha value is -0.860. The molecular weight excluding hydrogens is 288 g/mol. The third-order valence-corrected chi connectivity index (χ3v) is 4.22. The van der Waals surface area contributed by atoms with E-state index in [4.69, 9.17) is 4.74 Å². The molecule has 0 heterocycles. The summed E-state index contributed by atoms with van der Waals surface area (Å²) in [4.78, 5) is 22.9. The Morgan fingerprint density at radius 2 is 1.04 bits per heavy atom. The topological polar surface area (TPSA) is 43.4 Å². The van der Waals surface area contributed by atoms with Gasteiger partial charge >= 0.3 is 5.97 Å². The molecule has 0 N–H and O–H groups in total. The van der Waals surface area contributed by atoms with Crippen molar-refractivity contribution in [2.45, 2.75) is 110 Å². The first-order valence-corrected chi connectivity index (χ1v) is 9.92. The Bertz CT molecular complexity index is 287. The second-order valence-electron chi connectivity index (χ2n) is 6.55. The van der Waals surface area contributed by atoms with Crippen LogP contribution in [0.5, 0.6) is 0 Å². The number of carbonyl (C=O) groups excluding carboxylic acids is 2. The average molecular weight is 327 g/mol. The van der Waals surface area contributed by atoms with Gasteiger partial charge in [0, 0.05) is 6.42 Å². The van der Waals surface area contributed by atoms with Crippen LogP contribution in [0, 0.1) is 0 Å². The largest absolute Gasteiger partial charge is 0.460 e. The van der Waals surface area contributed by atoms with Gasteiger partial charge < -0.3 is 4.74 Å². The number of rotatable bonds is 17. The lowest BCUT2D eigenvalue weighted by molar-refractivity contribution is -0.154. The van der Waals surface area contributed by atoms with Gasteiger partial charge in [-0.25, -0.2) is 4.79 Å². The van der Waals surface area contributed by atoms with Gasteiger partial charge in [-0.1, -0.05) is 90.9 Å².